The van der Waals surface area contributed by atoms with Gasteiger partial charge in [-0.3, -0.25) is 19.7 Å². The minimum Gasteiger partial charge on any atom is -0.489 e. The van der Waals surface area contributed by atoms with Crippen LogP contribution in [-0.4, -0.2) is 23.8 Å². The standard InChI is InChI=1S/C19H18N2O4/c22-17-10-9-16(19(24)21-17)20-18(23)14-7-4-8-15(11-14)25-12-13-5-2-1-3-6-13/h1-8,11,16H,9-10,12H2,(H,20,23)(H,21,22,24). The summed E-state index contributed by atoms with van der Waals surface area (Å²) >= 11 is 0. The fourth-order valence-corrected chi connectivity index (χ4v) is 2.54. The maximum absolute atomic E-state index is 12.3. The summed E-state index contributed by atoms with van der Waals surface area (Å²) in [6.45, 7) is 0.402. The highest BCUT2D eigenvalue weighted by Gasteiger charge is 2.28. The van der Waals surface area contributed by atoms with E-state index in [1.165, 1.54) is 0 Å². The minimum absolute atomic E-state index is 0.219. The Morgan fingerprint density at radius 1 is 1.12 bits per heavy atom. The van der Waals surface area contributed by atoms with Gasteiger partial charge in [0.1, 0.15) is 18.4 Å². The van der Waals surface area contributed by atoms with Crippen LogP contribution in [0.5, 0.6) is 5.75 Å². The molecular weight excluding hydrogens is 320 g/mol. The Hall–Kier alpha value is -3.15. The van der Waals surface area contributed by atoms with E-state index in [1.54, 1.807) is 24.3 Å². The number of piperidine rings is 1. The molecule has 1 fully saturated rings. The molecule has 1 unspecified atom stereocenters. The third-order valence-electron chi connectivity index (χ3n) is 3.89. The van der Waals surface area contributed by atoms with E-state index in [9.17, 15) is 14.4 Å². The molecule has 0 aliphatic carbocycles. The summed E-state index contributed by atoms with van der Waals surface area (Å²) in [5.74, 6) is -0.590. The summed E-state index contributed by atoms with van der Waals surface area (Å²) in [4.78, 5) is 35.2. The Kier molecular flexibility index (Phi) is 5.09. The van der Waals surface area contributed by atoms with Crippen LogP contribution in [0.4, 0.5) is 0 Å². The monoisotopic (exact) mass is 338 g/mol. The van der Waals surface area contributed by atoms with Gasteiger partial charge < -0.3 is 10.1 Å². The van der Waals surface area contributed by atoms with E-state index in [4.69, 9.17) is 4.74 Å². The molecule has 0 bridgehead atoms. The van der Waals surface area contributed by atoms with Crippen LogP contribution >= 0.6 is 0 Å². The van der Waals surface area contributed by atoms with Crippen molar-refractivity contribution in [1.82, 2.24) is 10.6 Å². The second kappa shape index (κ2) is 7.61. The zero-order valence-electron chi connectivity index (χ0n) is 13.5. The quantitative estimate of drug-likeness (QED) is 0.814. The van der Waals surface area contributed by atoms with Crippen LogP contribution < -0.4 is 15.4 Å². The first kappa shape index (κ1) is 16.7. The van der Waals surface area contributed by atoms with Gasteiger partial charge in [-0.2, -0.15) is 0 Å². The Labute approximate surface area is 145 Å². The van der Waals surface area contributed by atoms with Crippen molar-refractivity contribution in [2.45, 2.75) is 25.5 Å². The lowest BCUT2D eigenvalue weighted by atomic mass is 10.1. The summed E-state index contributed by atoms with van der Waals surface area (Å²) < 4.78 is 5.70. The van der Waals surface area contributed by atoms with Crippen LogP contribution in [-0.2, 0) is 16.2 Å². The lowest BCUT2D eigenvalue weighted by Gasteiger charge is -2.21. The zero-order valence-corrected chi connectivity index (χ0v) is 13.5. The van der Waals surface area contributed by atoms with Crippen molar-refractivity contribution in [2.75, 3.05) is 0 Å². The van der Waals surface area contributed by atoms with Crippen molar-refractivity contribution >= 4 is 17.7 Å². The highest BCUT2D eigenvalue weighted by atomic mass is 16.5. The minimum atomic E-state index is -0.695. The molecule has 1 heterocycles. The number of carbonyl (C=O) groups is 3. The van der Waals surface area contributed by atoms with Crippen molar-refractivity contribution < 1.29 is 19.1 Å². The molecule has 0 aromatic heterocycles. The molecule has 0 radical (unpaired) electrons. The number of ether oxygens (including phenoxy) is 1. The highest BCUT2D eigenvalue weighted by molar-refractivity contribution is 6.03. The molecule has 2 N–H and O–H groups in total. The van der Waals surface area contributed by atoms with E-state index in [0.717, 1.165) is 5.56 Å². The van der Waals surface area contributed by atoms with Crippen LogP contribution in [0.25, 0.3) is 0 Å². The Morgan fingerprint density at radius 2 is 1.92 bits per heavy atom. The van der Waals surface area contributed by atoms with Crippen molar-refractivity contribution in [3.8, 4) is 5.75 Å². The van der Waals surface area contributed by atoms with Gasteiger partial charge in [-0.25, -0.2) is 0 Å². The number of nitrogens with one attached hydrogen (secondary N) is 2. The number of carbonyl (C=O) groups excluding carboxylic acids is 3. The van der Waals surface area contributed by atoms with Crippen LogP contribution in [0, 0.1) is 0 Å². The van der Waals surface area contributed by atoms with Gasteiger partial charge >= 0.3 is 0 Å². The predicted molar refractivity (Wildman–Crippen MR) is 90.9 cm³/mol. The lowest BCUT2D eigenvalue weighted by Crippen LogP contribution is -2.52. The number of benzene rings is 2. The molecule has 128 valence electrons. The topological polar surface area (TPSA) is 84.5 Å². The molecule has 3 amide bonds. The van der Waals surface area contributed by atoms with Gasteiger partial charge in [0, 0.05) is 12.0 Å². The average Bonchev–Trinajstić information content (AvgIpc) is 2.63. The van der Waals surface area contributed by atoms with Gasteiger partial charge in [0.25, 0.3) is 5.91 Å². The summed E-state index contributed by atoms with van der Waals surface area (Å²) in [7, 11) is 0. The molecule has 25 heavy (non-hydrogen) atoms. The molecule has 6 nitrogen and oxygen atoms in total. The summed E-state index contributed by atoms with van der Waals surface area (Å²) in [6, 6.07) is 15.8. The molecule has 1 atom stereocenters. The third-order valence-corrected chi connectivity index (χ3v) is 3.89. The van der Waals surface area contributed by atoms with E-state index in [-0.39, 0.29) is 18.2 Å². The lowest BCUT2D eigenvalue weighted by molar-refractivity contribution is -0.134. The van der Waals surface area contributed by atoms with E-state index >= 15 is 0 Å². The van der Waals surface area contributed by atoms with Gasteiger partial charge in [0.15, 0.2) is 0 Å². The molecule has 1 saturated heterocycles. The number of amides is 3. The van der Waals surface area contributed by atoms with Crippen LogP contribution in [0.1, 0.15) is 28.8 Å². The molecule has 2 aromatic carbocycles. The van der Waals surface area contributed by atoms with Gasteiger partial charge in [-0.15, -0.1) is 0 Å². The fraction of sp³-hybridized carbons (Fsp3) is 0.211. The fourth-order valence-electron chi connectivity index (χ4n) is 2.54. The second-order valence-corrected chi connectivity index (χ2v) is 5.78. The first-order chi connectivity index (χ1) is 12.1. The van der Waals surface area contributed by atoms with E-state index in [2.05, 4.69) is 10.6 Å². The SMILES string of the molecule is O=C1CCC(NC(=O)c2cccc(OCc3ccccc3)c2)C(=O)N1. The van der Waals surface area contributed by atoms with Gasteiger partial charge in [-0.05, 0) is 30.2 Å². The number of hydrogen-bond donors (Lipinski definition) is 2. The summed E-state index contributed by atoms with van der Waals surface area (Å²) in [5, 5.41) is 4.87. The van der Waals surface area contributed by atoms with Crippen LogP contribution in [0.2, 0.25) is 0 Å². The predicted octanol–water partition coefficient (Wildman–Crippen LogP) is 1.80. The Morgan fingerprint density at radius 3 is 2.68 bits per heavy atom. The van der Waals surface area contributed by atoms with E-state index < -0.39 is 11.9 Å². The maximum Gasteiger partial charge on any atom is 0.252 e. The largest absolute Gasteiger partial charge is 0.489 e. The second-order valence-electron chi connectivity index (χ2n) is 5.78. The first-order valence-electron chi connectivity index (χ1n) is 8.03. The molecule has 2 aromatic rings. The van der Waals surface area contributed by atoms with Gasteiger partial charge in [0.2, 0.25) is 11.8 Å². The van der Waals surface area contributed by atoms with Crippen LogP contribution in [0.15, 0.2) is 54.6 Å². The highest BCUT2D eigenvalue weighted by Crippen LogP contribution is 2.16. The maximum atomic E-state index is 12.3. The van der Waals surface area contributed by atoms with Gasteiger partial charge in [0.05, 0.1) is 0 Å². The molecule has 3 rings (SSSR count). The number of imide groups is 1. The van der Waals surface area contributed by atoms with E-state index in [1.807, 2.05) is 30.3 Å². The molecule has 6 heteroatoms. The number of hydrogen-bond acceptors (Lipinski definition) is 4. The van der Waals surface area contributed by atoms with Crippen molar-refractivity contribution in [3.05, 3.63) is 65.7 Å². The smallest absolute Gasteiger partial charge is 0.252 e. The zero-order chi connectivity index (χ0) is 17.6. The Balaban J connectivity index is 1.61. The molecule has 1 aliphatic rings. The molecule has 0 spiro atoms. The molecule has 1 aliphatic heterocycles. The van der Waals surface area contributed by atoms with Crippen molar-refractivity contribution in [2.24, 2.45) is 0 Å². The molecule has 0 saturated carbocycles. The summed E-state index contributed by atoms with van der Waals surface area (Å²) in [6.07, 6.45) is 0.525. The summed E-state index contributed by atoms with van der Waals surface area (Å²) in [5.41, 5.74) is 1.43. The normalized spacial score (nSPS) is 16.9. The van der Waals surface area contributed by atoms with Crippen molar-refractivity contribution in [3.63, 3.8) is 0 Å². The van der Waals surface area contributed by atoms with Crippen LogP contribution in [0.3, 0.4) is 0 Å². The Bertz CT molecular complexity index is 789. The number of rotatable bonds is 5. The van der Waals surface area contributed by atoms with Crippen molar-refractivity contribution in [1.29, 1.82) is 0 Å². The first-order valence-corrected chi connectivity index (χ1v) is 8.03. The average molecular weight is 338 g/mol. The van der Waals surface area contributed by atoms with E-state index in [0.29, 0.717) is 24.3 Å². The molecular formula is C19H18N2O4. The van der Waals surface area contributed by atoms with Gasteiger partial charge in [-0.1, -0.05) is 36.4 Å². The third kappa shape index (κ3) is 4.44.